The number of likely N-dealkylation sites (tertiary alicyclic amines) is 2. The van der Waals surface area contributed by atoms with E-state index in [0.717, 1.165) is 44.5 Å². The van der Waals surface area contributed by atoms with Gasteiger partial charge in [-0.25, -0.2) is 9.37 Å². The van der Waals surface area contributed by atoms with Crippen molar-refractivity contribution >= 4 is 28.3 Å². The van der Waals surface area contributed by atoms with Gasteiger partial charge in [0.05, 0.1) is 24.0 Å². The number of rotatable bonds is 7. The van der Waals surface area contributed by atoms with Crippen LogP contribution >= 0.6 is 11.3 Å². The molecule has 1 amide bonds. The highest BCUT2D eigenvalue weighted by Gasteiger charge is 2.38. The van der Waals surface area contributed by atoms with E-state index >= 15 is 0 Å². The maximum atomic E-state index is 13.8. The Balaban J connectivity index is 1.17. The number of aliphatic hydroxyl groups excluding tert-OH is 1. The lowest BCUT2D eigenvalue weighted by Crippen LogP contribution is -2.38. The minimum Gasteiger partial charge on any atom is -0.395 e. The molecular formula is C30H33FN4O2S. The number of hydrogen-bond donors (Lipinski definition) is 1. The molecule has 2 aliphatic rings. The van der Waals surface area contributed by atoms with Gasteiger partial charge in [-0.15, -0.1) is 0 Å². The van der Waals surface area contributed by atoms with Crippen molar-refractivity contribution in [3.05, 3.63) is 88.1 Å². The SMILES string of the molecule is O=C(c1cccc2c1ncn2CCO)N1C[C@@H](CN2CCC(c3ccc(F)cc3)CC2)[C@H](c2ccsc2)C1. The fourth-order valence-electron chi connectivity index (χ4n) is 6.32. The molecule has 0 saturated carbocycles. The van der Waals surface area contributed by atoms with Gasteiger partial charge in [-0.2, -0.15) is 11.3 Å². The Morgan fingerprint density at radius 1 is 1.05 bits per heavy atom. The molecule has 6 nitrogen and oxygen atoms in total. The summed E-state index contributed by atoms with van der Waals surface area (Å²) < 4.78 is 15.2. The van der Waals surface area contributed by atoms with E-state index < -0.39 is 0 Å². The topological polar surface area (TPSA) is 61.6 Å². The van der Waals surface area contributed by atoms with Gasteiger partial charge in [0.1, 0.15) is 11.3 Å². The Morgan fingerprint density at radius 2 is 1.87 bits per heavy atom. The molecule has 2 aliphatic heterocycles. The zero-order chi connectivity index (χ0) is 26.1. The molecule has 2 fully saturated rings. The van der Waals surface area contributed by atoms with E-state index in [1.165, 1.54) is 11.1 Å². The van der Waals surface area contributed by atoms with E-state index in [-0.39, 0.29) is 18.3 Å². The van der Waals surface area contributed by atoms with Crippen LogP contribution in [0.1, 0.15) is 46.2 Å². The number of imidazole rings is 1. The van der Waals surface area contributed by atoms with Crippen LogP contribution < -0.4 is 0 Å². The third-order valence-corrected chi connectivity index (χ3v) is 9.04. The Morgan fingerprint density at radius 3 is 2.61 bits per heavy atom. The third kappa shape index (κ3) is 5.00. The first-order valence-corrected chi connectivity index (χ1v) is 14.4. The van der Waals surface area contributed by atoms with E-state index in [9.17, 15) is 14.3 Å². The molecule has 198 valence electrons. The zero-order valence-corrected chi connectivity index (χ0v) is 22.2. The number of amides is 1. The molecule has 2 atom stereocenters. The molecule has 0 radical (unpaired) electrons. The quantitative estimate of drug-likeness (QED) is 0.365. The minimum absolute atomic E-state index is 0.0287. The van der Waals surface area contributed by atoms with Crippen molar-refractivity contribution in [2.75, 3.05) is 39.3 Å². The summed E-state index contributed by atoms with van der Waals surface area (Å²) in [5.41, 5.74) is 4.75. The number of fused-ring (bicyclic) bond motifs is 1. The van der Waals surface area contributed by atoms with Crippen molar-refractivity contribution in [2.24, 2.45) is 5.92 Å². The maximum absolute atomic E-state index is 13.8. The Kier molecular flexibility index (Phi) is 7.28. The van der Waals surface area contributed by atoms with E-state index in [1.54, 1.807) is 29.8 Å². The molecule has 2 aromatic heterocycles. The largest absolute Gasteiger partial charge is 0.395 e. The van der Waals surface area contributed by atoms with Gasteiger partial charge in [-0.05, 0) is 90.0 Å². The van der Waals surface area contributed by atoms with Gasteiger partial charge in [0.25, 0.3) is 5.91 Å². The minimum atomic E-state index is -0.180. The molecule has 4 aromatic rings. The number of thiophene rings is 1. The molecule has 2 saturated heterocycles. The number of aliphatic hydroxyl groups is 1. The lowest BCUT2D eigenvalue weighted by Gasteiger charge is -2.34. The number of nitrogens with zero attached hydrogens (tertiary/aromatic N) is 4. The van der Waals surface area contributed by atoms with Gasteiger partial charge < -0.3 is 19.5 Å². The number of carbonyl (C=O) groups excluding carboxylic acids is 1. The molecule has 0 bridgehead atoms. The summed E-state index contributed by atoms with van der Waals surface area (Å²) in [5.74, 6) is 1.00. The maximum Gasteiger partial charge on any atom is 0.256 e. The average molecular weight is 533 g/mol. The first-order valence-electron chi connectivity index (χ1n) is 13.4. The molecular weight excluding hydrogens is 499 g/mol. The molecule has 0 spiro atoms. The van der Waals surface area contributed by atoms with Crippen molar-refractivity contribution in [1.82, 2.24) is 19.4 Å². The Bertz CT molecular complexity index is 1380. The van der Waals surface area contributed by atoms with E-state index in [4.69, 9.17) is 0 Å². The summed E-state index contributed by atoms with van der Waals surface area (Å²) in [6.45, 7) is 4.93. The van der Waals surface area contributed by atoms with Crippen molar-refractivity contribution in [1.29, 1.82) is 0 Å². The highest BCUT2D eigenvalue weighted by Crippen LogP contribution is 2.37. The number of halogens is 1. The second kappa shape index (κ2) is 11.0. The molecule has 4 heterocycles. The second-order valence-corrected chi connectivity index (χ2v) is 11.4. The first kappa shape index (κ1) is 25.2. The van der Waals surface area contributed by atoms with Crippen LogP contribution in [-0.4, -0.2) is 69.7 Å². The van der Waals surface area contributed by atoms with Gasteiger partial charge in [-0.1, -0.05) is 18.2 Å². The van der Waals surface area contributed by atoms with Crippen molar-refractivity contribution < 1.29 is 14.3 Å². The van der Waals surface area contributed by atoms with Crippen LogP contribution in [-0.2, 0) is 6.54 Å². The Labute approximate surface area is 226 Å². The fraction of sp³-hybridized carbons (Fsp3) is 0.400. The number of hydrogen-bond acceptors (Lipinski definition) is 5. The highest BCUT2D eigenvalue weighted by molar-refractivity contribution is 7.08. The fourth-order valence-corrected chi connectivity index (χ4v) is 7.04. The monoisotopic (exact) mass is 532 g/mol. The first-order chi connectivity index (χ1) is 18.6. The number of aromatic nitrogens is 2. The van der Waals surface area contributed by atoms with E-state index in [1.807, 2.05) is 39.8 Å². The lowest BCUT2D eigenvalue weighted by molar-refractivity contribution is 0.0783. The van der Waals surface area contributed by atoms with Gasteiger partial charge in [-0.3, -0.25) is 4.79 Å². The van der Waals surface area contributed by atoms with Crippen LogP contribution in [0.5, 0.6) is 0 Å². The number of para-hydroxylation sites is 1. The lowest BCUT2D eigenvalue weighted by atomic mass is 9.87. The van der Waals surface area contributed by atoms with Crippen LogP contribution in [0.15, 0.2) is 65.6 Å². The van der Waals surface area contributed by atoms with Crippen LogP contribution in [0.4, 0.5) is 4.39 Å². The number of benzene rings is 2. The number of carbonyl (C=O) groups is 1. The average Bonchev–Trinajstić information content (AvgIpc) is 3.70. The molecule has 1 N–H and O–H groups in total. The highest BCUT2D eigenvalue weighted by atomic mass is 32.1. The van der Waals surface area contributed by atoms with Crippen LogP contribution in [0.25, 0.3) is 11.0 Å². The molecule has 2 aromatic carbocycles. The third-order valence-electron chi connectivity index (χ3n) is 8.34. The standard InChI is InChI=1S/C30H33FN4O2S/c31-25-6-4-21(5-7-25)22-8-11-33(12-9-22)16-24-17-35(18-27(24)23-10-15-38-19-23)30(37)26-2-1-3-28-29(26)32-20-34(28)13-14-36/h1-7,10,15,19-20,22,24,27,36H,8-9,11-14,16-18H2/t24-,27+/m1/s1. The molecule has 6 rings (SSSR count). The van der Waals surface area contributed by atoms with Crippen LogP contribution in [0, 0.1) is 11.7 Å². The molecule has 0 aliphatic carbocycles. The van der Waals surface area contributed by atoms with Gasteiger partial charge in [0, 0.05) is 32.1 Å². The Hall–Kier alpha value is -3.07. The smallest absolute Gasteiger partial charge is 0.256 e. The number of piperidine rings is 1. The molecule has 8 heteroatoms. The summed E-state index contributed by atoms with van der Waals surface area (Å²) >= 11 is 1.71. The molecule has 38 heavy (non-hydrogen) atoms. The second-order valence-electron chi connectivity index (χ2n) is 10.6. The predicted molar refractivity (Wildman–Crippen MR) is 148 cm³/mol. The summed E-state index contributed by atoms with van der Waals surface area (Å²) in [7, 11) is 0. The van der Waals surface area contributed by atoms with Crippen molar-refractivity contribution in [3.63, 3.8) is 0 Å². The van der Waals surface area contributed by atoms with Crippen LogP contribution in [0.2, 0.25) is 0 Å². The summed E-state index contributed by atoms with van der Waals surface area (Å²) in [5, 5.41) is 13.7. The van der Waals surface area contributed by atoms with Crippen LogP contribution in [0.3, 0.4) is 0 Å². The normalized spacial score (nSPS) is 20.9. The molecule has 0 unspecified atom stereocenters. The van der Waals surface area contributed by atoms with E-state index in [2.05, 4.69) is 26.7 Å². The predicted octanol–water partition coefficient (Wildman–Crippen LogP) is 4.96. The van der Waals surface area contributed by atoms with Crippen molar-refractivity contribution in [3.8, 4) is 0 Å². The summed E-state index contributed by atoms with van der Waals surface area (Å²) in [6, 6.07) is 14.9. The van der Waals surface area contributed by atoms with Gasteiger partial charge in [0.15, 0.2) is 0 Å². The zero-order valence-electron chi connectivity index (χ0n) is 21.4. The summed E-state index contributed by atoms with van der Waals surface area (Å²) in [4.78, 5) is 22.9. The summed E-state index contributed by atoms with van der Waals surface area (Å²) in [6.07, 6.45) is 3.85. The van der Waals surface area contributed by atoms with Gasteiger partial charge in [0.2, 0.25) is 0 Å². The van der Waals surface area contributed by atoms with Crippen molar-refractivity contribution in [2.45, 2.75) is 31.2 Å². The van der Waals surface area contributed by atoms with Gasteiger partial charge >= 0.3 is 0 Å². The van der Waals surface area contributed by atoms with E-state index in [0.29, 0.717) is 41.9 Å².